The Kier molecular flexibility index (Phi) is 9.59. The van der Waals surface area contributed by atoms with E-state index in [0.29, 0.717) is 22.0 Å². The molecule has 7 nitrogen and oxygen atoms in total. The lowest BCUT2D eigenvalue weighted by molar-refractivity contribution is -0.115. The molecular formula is C28H34FN5O2S. The third kappa shape index (κ3) is 7.99. The minimum absolute atomic E-state index is 0.221. The topological polar surface area (TPSA) is 99.8 Å². The first kappa shape index (κ1) is 28.1. The molecule has 9 heteroatoms. The van der Waals surface area contributed by atoms with Crippen LogP contribution >= 0.6 is 11.3 Å². The van der Waals surface area contributed by atoms with Gasteiger partial charge in [-0.2, -0.15) is 5.26 Å². The zero-order valence-electron chi connectivity index (χ0n) is 21.8. The molecule has 0 aliphatic heterocycles. The average molecular weight is 524 g/mol. The van der Waals surface area contributed by atoms with E-state index in [4.69, 9.17) is 0 Å². The number of aryl methyl sites for hydroxylation is 1. The van der Waals surface area contributed by atoms with Crippen LogP contribution in [-0.2, 0) is 10.3 Å². The number of hydrogen-bond acceptors (Lipinski definition) is 5. The van der Waals surface area contributed by atoms with Gasteiger partial charge in [-0.1, -0.05) is 40.0 Å². The van der Waals surface area contributed by atoms with E-state index < -0.39 is 17.4 Å². The largest absolute Gasteiger partial charge is 0.343 e. The maximum Gasteiger partial charge on any atom is 0.253 e. The third-order valence-electron chi connectivity index (χ3n) is 6.01. The fourth-order valence-corrected chi connectivity index (χ4v) is 4.47. The quantitative estimate of drug-likeness (QED) is 0.345. The molecule has 196 valence electrons. The van der Waals surface area contributed by atoms with Gasteiger partial charge in [0.25, 0.3) is 5.91 Å². The smallest absolute Gasteiger partial charge is 0.253 e. The molecule has 3 aromatic rings. The monoisotopic (exact) mass is 523 g/mol. The molecule has 0 radical (unpaired) electrons. The molecule has 1 saturated carbocycles. The molecule has 1 aliphatic rings. The van der Waals surface area contributed by atoms with Crippen LogP contribution in [0.4, 0.5) is 9.52 Å². The Morgan fingerprint density at radius 1 is 1.30 bits per heavy atom. The summed E-state index contributed by atoms with van der Waals surface area (Å²) in [7, 11) is 0. The van der Waals surface area contributed by atoms with Crippen molar-refractivity contribution in [2.45, 2.75) is 65.3 Å². The molecule has 4 rings (SSSR count). The predicted octanol–water partition coefficient (Wildman–Crippen LogP) is 6.27. The summed E-state index contributed by atoms with van der Waals surface area (Å²) in [6.07, 6.45) is 9.01. The van der Waals surface area contributed by atoms with Gasteiger partial charge in [0, 0.05) is 23.3 Å². The summed E-state index contributed by atoms with van der Waals surface area (Å²) in [5.74, 6) is -0.259. The van der Waals surface area contributed by atoms with Crippen molar-refractivity contribution < 1.29 is 14.0 Å². The van der Waals surface area contributed by atoms with E-state index in [1.807, 2.05) is 6.07 Å². The summed E-state index contributed by atoms with van der Waals surface area (Å²) in [6, 6.07) is 8.51. The first-order valence-electron chi connectivity index (χ1n) is 12.6. The maximum atomic E-state index is 13.6. The summed E-state index contributed by atoms with van der Waals surface area (Å²) < 4.78 is 15.3. The van der Waals surface area contributed by atoms with Crippen LogP contribution in [0.2, 0.25) is 0 Å². The Balaban J connectivity index is 0.000000479. The van der Waals surface area contributed by atoms with Gasteiger partial charge in [-0.3, -0.25) is 9.59 Å². The Morgan fingerprint density at radius 2 is 2.05 bits per heavy atom. The van der Waals surface area contributed by atoms with Gasteiger partial charge in [0.15, 0.2) is 5.13 Å². The van der Waals surface area contributed by atoms with Crippen LogP contribution in [0.1, 0.15) is 68.8 Å². The predicted molar refractivity (Wildman–Crippen MR) is 145 cm³/mol. The molecule has 0 unspecified atom stereocenters. The van der Waals surface area contributed by atoms with Gasteiger partial charge < -0.3 is 15.2 Å². The molecule has 0 bridgehead atoms. The highest BCUT2D eigenvalue weighted by Gasteiger charge is 2.44. The molecule has 2 amide bonds. The number of nitrogens with one attached hydrogen (secondary N) is 2. The molecule has 0 saturated heterocycles. The number of amides is 2. The molecule has 0 spiro atoms. The first-order valence-corrected chi connectivity index (χ1v) is 13.4. The molecule has 2 aromatic heterocycles. The van der Waals surface area contributed by atoms with E-state index in [1.54, 1.807) is 35.3 Å². The molecule has 0 atom stereocenters. The standard InChI is InChI=1S/C21H18FN5O2S.C7H16/c1-13-6-15(8-16(22)7-13)17-11-30-20(25-17)26-18(28)9-24-19(29)14-2-5-27(10-14)21(12-23)3-4-21;1-4-5-6-7(2)3/h2,5-8,10-11H,3-4,9H2,1H3,(H,24,29)(H,25,26,28);7H,4-6H2,1-3H3. The Labute approximate surface area is 221 Å². The number of carbonyl (C=O) groups is 2. The minimum Gasteiger partial charge on any atom is -0.343 e. The van der Waals surface area contributed by atoms with Crippen LogP contribution in [0.3, 0.4) is 0 Å². The number of nitriles is 1. The van der Waals surface area contributed by atoms with E-state index in [1.165, 1.54) is 42.7 Å². The number of unbranched alkanes of at least 4 members (excludes halogenated alkanes) is 1. The van der Waals surface area contributed by atoms with Crippen LogP contribution in [0.25, 0.3) is 11.3 Å². The summed E-state index contributed by atoms with van der Waals surface area (Å²) in [6.45, 7) is 8.36. The molecule has 2 N–H and O–H groups in total. The van der Waals surface area contributed by atoms with Crippen LogP contribution in [0, 0.1) is 30.0 Å². The van der Waals surface area contributed by atoms with Crippen molar-refractivity contribution in [3.05, 3.63) is 59.0 Å². The fourth-order valence-electron chi connectivity index (χ4n) is 3.73. The van der Waals surface area contributed by atoms with Crippen molar-refractivity contribution in [1.29, 1.82) is 5.26 Å². The fraction of sp³-hybridized carbons (Fsp3) is 0.429. The van der Waals surface area contributed by atoms with Crippen molar-refractivity contribution in [3.8, 4) is 17.3 Å². The van der Waals surface area contributed by atoms with Crippen molar-refractivity contribution >= 4 is 28.3 Å². The van der Waals surface area contributed by atoms with Gasteiger partial charge in [0.1, 0.15) is 11.4 Å². The lowest BCUT2D eigenvalue weighted by Gasteiger charge is -2.07. The zero-order chi connectivity index (χ0) is 27.0. The number of nitrogens with zero attached hydrogens (tertiary/aromatic N) is 3. The maximum absolute atomic E-state index is 13.6. The van der Waals surface area contributed by atoms with Gasteiger partial charge in [-0.25, -0.2) is 9.37 Å². The minimum atomic E-state index is -0.529. The Morgan fingerprint density at radius 3 is 2.65 bits per heavy atom. The second-order valence-electron chi connectivity index (χ2n) is 9.77. The van der Waals surface area contributed by atoms with Crippen molar-refractivity contribution in [3.63, 3.8) is 0 Å². The number of carbonyl (C=O) groups excluding carboxylic acids is 2. The summed E-state index contributed by atoms with van der Waals surface area (Å²) in [5.41, 5.74) is 1.84. The summed E-state index contributed by atoms with van der Waals surface area (Å²) in [5, 5.41) is 16.5. The van der Waals surface area contributed by atoms with Gasteiger partial charge in [-0.05, 0) is 55.5 Å². The molecule has 2 heterocycles. The normalized spacial score (nSPS) is 13.3. The highest BCUT2D eigenvalue weighted by Crippen LogP contribution is 2.42. The molecule has 1 fully saturated rings. The molecule has 37 heavy (non-hydrogen) atoms. The van der Waals surface area contributed by atoms with Crippen molar-refractivity contribution in [1.82, 2.24) is 14.9 Å². The lowest BCUT2D eigenvalue weighted by Crippen LogP contribution is -2.32. The van der Waals surface area contributed by atoms with E-state index in [9.17, 15) is 19.2 Å². The van der Waals surface area contributed by atoms with Gasteiger partial charge in [-0.15, -0.1) is 11.3 Å². The van der Waals surface area contributed by atoms with E-state index in [-0.39, 0.29) is 12.4 Å². The van der Waals surface area contributed by atoms with Crippen molar-refractivity contribution in [2.75, 3.05) is 11.9 Å². The first-order chi connectivity index (χ1) is 17.7. The van der Waals surface area contributed by atoms with Crippen LogP contribution < -0.4 is 10.6 Å². The van der Waals surface area contributed by atoms with Gasteiger partial charge >= 0.3 is 0 Å². The Hall–Kier alpha value is -3.51. The number of hydrogen-bond donors (Lipinski definition) is 2. The van der Waals surface area contributed by atoms with Crippen LogP contribution in [0.15, 0.2) is 42.0 Å². The highest BCUT2D eigenvalue weighted by atomic mass is 32.1. The lowest BCUT2D eigenvalue weighted by atomic mass is 10.1. The molecular weight excluding hydrogens is 489 g/mol. The van der Waals surface area contributed by atoms with Crippen LogP contribution in [0.5, 0.6) is 0 Å². The second kappa shape index (κ2) is 12.6. The molecule has 1 aromatic carbocycles. The highest BCUT2D eigenvalue weighted by molar-refractivity contribution is 7.14. The van der Waals surface area contributed by atoms with Gasteiger partial charge in [0.2, 0.25) is 5.91 Å². The number of thiazole rings is 1. The van der Waals surface area contributed by atoms with Gasteiger partial charge in [0.05, 0.1) is 23.9 Å². The second-order valence-corrected chi connectivity index (χ2v) is 10.6. The molecule has 1 aliphatic carbocycles. The summed E-state index contributed by atoms with van der Waals surface area (Å²) in [4.78, 5) is 28.7. The average Bonchev–Trinajstić information content (AvgIpc) is 3.25. The van der Waals surface area contributed by atoms with Crippen molar-refractivity contribution in [2.24, 2.45) is 5.92 Å². The van der Waals surface area contributed by atoms with E-state index in [2.05, 4.69) is 42.5 Å². The third-order valence-corrected chi connectivity index (χ3v) is 6.77. The zero-order valence-corrected chi connectivity index (χ0v) is 22.6. The number of rotatable bonds is 9. The number of aromatic nitrogens is 2. The van der Waals surface area contributed by atoms with Crippen LogP contribution in [-0.4, -0.2) is 27.9 Å². The van der Waals surface area contributed by atoms with E-state index in [0.717, 1.165) is 24.3 Å². The number of benzene rings is 1. The Bertz CT molecular complexity index is 1250. The SMILES string of the molecule is CCCCC(C)C.Cc1cc(F)cc(-c2csc(NC(=O)CNC(=O)c3ccn(C4(C#N)CC4)c3)n2)c1. The van der Waals surface area contributed by atoms with E-state index >= 15 is 0 Å². The summed E-state index contributed by atoms with van der Waals surface area (Å²) >= 11 is 1.22. The number of anilines is 1. The number of halogens is 1.